The van der Waals surface area contributed by atoms with Crippen LogP contribution in [0.5, 0.6) is 11.5 Å². The van der Waals surface area contributed by atoms with E-state index in [2.05, 4.69) is 4.98 Å². The lowest BCUT2D eigenvalue weighted by molar-refractivity contribution is 0.0961. The lowest BCUT2D eigenvalue weighted by Gasteiger charge is -2.07. The van der Waals surface area contributed by atoms with Gasteiger partial charge in [0, 0.05) is 25.5 Å². The van der Waals surface area contributed by atoms with E-state index in [-0.39, 0.29) is 12.4 Å². The van der Waals surface area contributed by atoms with Crippen LogP contribution in [0.3, 0.4) is 0 Å². The molecule has 92 valence electrons. The van der Waals surface area contributed by atoms with Crippen LogP contribution in [0.1, 0.15) is 16.2 Å². The maximum absolute atomic E-state index is 11.4. The molecule has 0 aliphatic carbocycles. The molecule has 0 radical (unpaired) electrons. The molecule has 0 amide bonds. The van der Waals surface area contributed by atoms with Crippen molar-refractivity contribution >= 4 is 5.78 Å². The number of fused-ring (bicyclic) bond motifs is 1. The predicted octanol–water partition coefficient (Wildman–Crippen LogP) is 1.57. The summed E-state index contributed by atoms with van der Waals surface area (Å²) in [7, 11) is 1.91. The highest BCUT2D eigenvalue weighted by molar-refractivity contribution is 6.02. The van der Waals surface area contributed by atoms with E-state index in [0.29, 0.717) is 23.7 Å². The van der Waals surface area contributed by atoms with Gasteiger partial charge in [-0.05, 0) is 12.1 Å². The fourth-order valence-corrected chi connectivity index (χ4v) is 1.85. The number of Topliss-reactive ketones (excluding diaryl/α,β-unsaturated/α-hetero) is 1. The molecule has 5 heteroatoms. The molecule has 1 aliphatic rings. The third-order valence-corrected chi connectivity index (χ3v) is 2.90. The predicted molar refractivity (Wildman–Crippen MR) is 63.8 cm³/mol. The summed E-state index contributed by atoms with van der Waals surface area (Å²) in [5, 5.41) is 0. The average Bonchev–Trinajstić information content (AvgIpc) is 2.94. The van der Waals surface area contributed by atoms with Gasteiger partial charge in [0.15, 0.2) is 6.61 Å². The number of aromatic nitrogens is 2. The van der Waals surface area contributed by atoms with Gasteiger partial charge in [-0.1, -0.05) is 0 Å². The molecule has 2 heterocycles. The molecule has 0 atom stereocenters. The Balaban J connectivity index is 1.75. The van der Waals surface area contributed by atoms with E-state index in [1.807, 2.05) is 17.8 Å². The zero-order chi connectivity index (χ0) is 12.5. The minimum atomic E-state index is 0.0145. The molecular formula is C13H12N2O3. The molecule has 2 aromatic rings. The molecule has 3 rings (SSSR count). The van der Waals surface area contributed by atoms with Crippen molar-refractivity contribution < 1.29 is 14.3 Å². The lowest BCUT2D eigenvalue weighted by Crippen LogP contribution is -2.03. The number of imidazole rings is 1. The summed E-state index contributed by atoms with van der Waals surface area (Å²) in [5.41, 5.74) is 0.624. The molecule has 0 unspecified atom stereocenters. The highest BCUT2D eigenvalue weighted by atomic mass is 16.5. The minimum absolute atomic E-state index is 0.0145. The average molecular weight is 244 g/mol. The van der Waals surface area contributed by atoms with Gasteiger partial charge in [0.25, 0.3) is 0 Å². The highest BCUT2D eigenvalue weighted by Crippen LogP contribution is 2.29. The van der Waals surface area contributed by atoms with Crippen LogP contribution in [0.4, 0.5) is 0 Å². The molecule has 1 aromatic carbocycles. The van der Waals surface area contributed by atoms with Crippen LogP contribution < -0.4 is 9.47 Å². The summed E-state index contributed by atoms with van der Waals surface area (Å²) < 4.78 is 12.8. The smallest absolute Gasteiger partial charge is 0.203 e. The topological polar surface area (TPSA) is 53.4 Å². The molecule has 0 saturated carbocycles. The molecule has 1 aromatic heterocycles. The van der Waals surface area contributed by atoms with Crippen LogP contribution in [0.25, 0.3) is 0 Å². The van der Waals surface area contributed by atoms with Crippen LogP contribution in [0.15, 0.2) is 30.6 Å². The largest absolute Gasteiger partial charge is 0.486 e. The number of nitrogens with zero attached hydrogens (tertiary/aromatic N) is 2. The van der Waals surface area contributed by atoms with E-state index in [9.17, 15) is 4.79 Å². The van der Waals surface area contributed by atoms with Crippen molar-refractivity contribution in [3.8, 4) is 11.5 Å². The molecule has 0 N–H and O–H groups in total. The van der Waals surface area contributed by atoms with Crippen LogP contribution in [0.2, 0.25) is 0 Å². The quantitative estimate of drug-likeness (QED) is 0.822. The summed E-state index contributed by atoms with van der Waals surface area (Å²) in [6.07, 6.45) is 3.59. The van der Waals surface area contributed by atoms with Gasteiger partial charge in [-0.25, -0.2) is 4.98 Å². The van der Waals surface area contributed by atoms with Crippen molar-refractivity contribution in [2.75, 3.05) is 6.61 Å². The van der Waals surface area contributed by atoms with E-state index in [1.165, 1.54) is 0 Å². The van der Waals surface area contributed by atoms with Gasteiger partial charge in [0.2, 0.25) is 5.78 Å². The van der Waals surface area contributed by atoms with Crippen molar-refractivity contribution in [2.24, 2.45) is 7.05 Å². The zero-order valence-corrected chi connectivity index (χ0v) is 9.92. The van der Waals surface area contributed by atoms with Crippen LogP contribution in [-0.4, -0.2) is 21.9 Å². The maximum Gasteiger partial charge on any atom is 0.203 e. The first-order chi connectivity index (χ1) is 8.74. The number of benzene rings is 1. The first kappa shape index (κ1) is 10.8. The SMILES string of the molecule is Cn1ccnc1COc1ccc2c(c1)OCC2=O. The van der Waals surface area contributed by atoms with Gasteiger partial charge >= 0.3 is 0 Å². The number of carbonyl (C=O) groups excluding carboxylic acids is 1. The highest BCUT2D eigenvalue weighted by Gasteiger charge is 2.21. The number of rotatable bonds is 3. The summed E-state index contributed by atoms with van der Waals surface area (Å²) in [6, 6.07) is 5.25. The Bertz CT molecular complexity index is 604. The first-order valence-corrected chi connectivity index (χ1v) is 5.63. The fraction of sp³-hybridized carbons (Fsp3) is 0.231. The van der Waals surface area contributed by atoms with Gasteiger partial charge in [0.05, 0.1) is 5.56 Å². The van der Waals surface area contributed by atoms with E-state index in [4.69, 9.17) is 9.47 Å². The Hall–Kier alpha value is -2.30. The monoisotopic (exact) mass is 244 g/mol. The number of carbonyl (C=O) groups is 1. The van der Waals surface area contributed by atoms with Crippen LogP contribution in [-0.2, 0) is 13.7 Å². The van der Waals surface area contributed by atoms with Crippen molar-refractivity contribution in [3.05, 3.63) is 42.0 Å². The van der Waals surface area contributed by atoms with E-state index in [0.717, 1.165) is 5.82 Å². The Labute approximate surface area is 104 Å². The summed E-state index contributed by atoms with van der Waals surface area (Å²) in [5.74, 6) is 2.12. The van der Waals surface area contributed by atoms with Crippen LogP contribution >= 0.6 is 0 Å². The number of hydrogen-bond donors (Lipinski definition) is 0. The Kier molecular flexibility index (Phi) is 2.51. The fourth-order valence-electron chi connectivity index (χ4n) is 1.85. The normalized spacial score (nSPS) is 13.3. The van der Waals surface area contributed by atoms with Crippen molar-refractivity contribution in [1.82, 2.24) is 9.55 Å². The third-order valence-electron chi connectivity index (χ3n) is 2.90. The standard InChI is InChI=1S/C13H12N2O3/c1-15-5-4-14-13(15)8-17-9-2-3-10-11(16)7-18-12(10)6-9/h2-6H,7-8H2,1H3. The van der Waals surface area contributed by atoms with Crippen molar-refractivity contribution in [3.63, 3.8) is 0 Å². The van der Waals surface area contributed by atoms with E-state index in [1.54, 1.807) is 24.4 Å². The molecule has 0 saturated heterocycles. The number of aryl methyl sites for hydroxylation is 1. The van der Waals surface area contributed by atoms with Gasteiger partial charge in [0.1, 0.15) is 23.9 Å². The van der Waals surface area contributed by atoms with Crippen molar-refractivity contribution in [2.45, 2.75) is 6.61 Å². The van der Waals surface area contributed by atoms with Gasteiger partial charge in [-0.15, -0.1) is 0 Å². The Morgan fingerprint density at radius 2 is 2.39 bits per heavy atom. The number of ether oxygens (including phenoxy) is 2. The molecular weight excluding hydrogens is 232 g/mol. The van der Waals surface area contributed by atoms with Crippen molar-refractivity contribution in [1.29, 1.82) is 0 Å². The molecule has 5 nitrogen and oxygen atoms in total. The number of hydrogen-bond acceptors (Lipinski definition) is 4. The van der Waals surface area contributed by atoms with E-state index < -0.39 is 0 Å². The summed E-state index contributed by atoms with van der Waals surface area (Å²) >= 11 is 0. The second-order valence-corrected chi connectivity index (χ2v) is 4.11. The molecule has 1 aliphatic heterocycles. The Morgan fingerprint density at radius 3 is 3.17 bits per heavy atom. The lowest BCUT2D eigenvalue weighted by atomic mass is 10.1. The third kappa shape index (κ3) is 1.84. The second-order valence-electron chi connectivity index (χ2n) is 4.11. The second kappa shape index (κ2) is 4.18. The molecule has 18 heavy (non-hydrogen) atoms. The molecule has 0 fully saturated rings. The van der Waals surface area contributed by atoms with Gasteiger partial charge in [-0.2, -0.15) is 0 Å². The molecule has 0 spiro atoms. The van der Waals surface area contributed by atoms with Gasteiger partial charge < -0.3 is 14.0 Å². The van der Waals surface area contributed by atoms with Crippen LogP contribution in [0, 0.1) is 0 Å². The van der Waals surface area contributed by atoms with E-state index >= 15 is 0 Å². The maximum atomic E-state index is 11.4. The zero-order valence-electron chi connectivity index (χ0n) is 9.92. The molecule has 0 bridgehead atoms. The van der Waals surface area contributed by atoms with Gasteiger partial charge in [-0.3, -0.25) is 4.79 Å². The minimum Gasteiger partial charge on any atom is -0.486 e. The first-order valence-electron chi connectivity index (χ1n) is 5.63. The summed E-state index contributed by atoms with van der Waals surface area (Å²) in [4.78, 5) is 15.6. The summed E-state index contributed by atoms with van der Waals surface area (Å²) in [6.45, 7) is 0.508. The Morgan fingerprint density at radius 1 is 1.50 bits per heavy atom. The number of ketones is 1.